The van der Waals surface area contributed by atoms with Crippen LogP contribution in [-0.4, -0.2) is 11.1 Å². The summed E-state index contributed by atoms with van der Waals surface area (Å²) in [5.41, 5.74) is 0. The molecule has 2 heteroatoms. The van der Waals surface area contributed by atoms with Crippen LogP contribution >= 0.6 is 28.6 Å². The SMILES string of the molecule is [S]CCCCCBr. The molecule has 0 N–H and O–H groups in total. The van der Waals surface area contributed by atoms with Crippen molar-refractivity contribution in [1.29, 1.82) is 0 Å². The molecule has 0 aromatic carbocycles. The van der Waals surface area contributed by atoms with Gasteiger partial charge < -0.3 is 0 Å². The van der Waals surface area contributed by atoms with Crippen LogP contribution in [0.2, 0.25) is 0 Å². The van der Waals surface area contributed by atoms with Crippen LogP contribution in [0.5, 0.6) is 0 Å². The van der Waals surface area contributed by atoms with Gasteiger partial charge in [0, 0.05) is 11.1 Å². The maximum atomic E-state index is 4.75. The highest BCUT2D eigenvalue weighted by Crippen LogP contribution is 1.98. The molecule has 0 bridgehead atoms. The van der Waals surface area contributed by atoms with Crippen molar-refractivity contribution in [1.82, 2.24) is 0 Å². The summed E-state index contributed by atoms with van der Waals surface area (Å²) in [7, 11) is 0. The van der Waals surface area contributed by atoms with Crippen molar-refractivity contribution < 1.29 is 0 Å². The number of unbranched alkanes of at least 4 members (excludes halogenated alkanes) is 2. The normalized spacial score (nSPS) is 9.43. The van der Waals surface area contributed by atoms with E-state index in [1.807, 2.05) is 0 Å². The smallest absolute Gasteiger partial charge is 0.00369 e. The molecule has 0 aromatic rings. The third-order valence-electron chi connectivity index (χ3n) is 0.778. The lowest BCUT2D eigenvalue weighted by atomic mass is 10.3. The first-order valence-electron chi connectivity index (χ1n) is 2.56. The Morgan fingerprint density at radius 3 is 2.29 bits per heavy atom. The Bertz CT molecular complexity index is 27.3. The Kier molecular flexibility index (Phi) is 7.64. The molecule has 0 aromatic heterocycles. The summed E-state index contributed by atoms with van der Waals surface area (Å²) in [6.45, 7) is 0. The van der Waals surface area contributed by atoms with Crippen molar-refractivity contribution in [2.75, 3.05) is 11.1 Å². The molecule has 0 unspecified atom stereocenters. The van der Waals surface area contributed by atoms with Crippen molar-refractivity contribution in [2.45, 2.75) is 19.3 Å². The van der Waals surface area contributed by atoms with Gasteiger partial charge in [0.2, 0.25) is 0 Å². The standard InChI is InChI=1S/C5H10BrS/c6-4-2-1-3-5-7/h1-5H2. The van der Waals surface area contributed by atoms with Crippen LogP contribution < -0.4 is 0 Å². The van der Waals surface area contributed by atoms with Gasteiger partial charge in [0.15, 0.2) is 0 Å². The number of hydrogen-bond acceptors (Lipinski definition) is 0. The second-order valence-electron chi connectivity index (χ2n) is 1.45. The van der Waals surface area contributed by atoms with Gasteiger partial charge in [0.05, 0.1) is 0 Å². The molecular weight excluding hydrogens is 172 g/mol. The monoisotopic (exact) mass is 181 g/mol. The van der Waals surface area contributed by atoms with Crippen molar-refractivity contribution in [2.24, 2.45) is 0 Å². The van der Waals surface area contributed by atoms with Gasteiger partial charge in [0.25, 0.3) is 0 Å². The summed E-state index contributed by atoms with van der Waals surface area (Å²) in [6, 6.07) is 0. The summed E-state index contributed by atoms with van der Waals surface area (Å²) in [4.78, 5) is 0. The molecule has 0 nitrogen and oxygen atoms in total. The van der Waals surface area contributed by atoms with Crippen molar-refractivity contribution in [3.05, 3.63) is 0 Å². The zero-order valence-corrected chi connectivity index (χ0v) is 6.72. The lowest BCUT2D eigenvalue weighted by Gasteiger charge is -1.88. The first-order valence-corrected chi connectivity index (χ1v) is 4.25. The minimum Gasteiger partial charge on any atom is -0.0942 e. The molecule has 1 radical (unpaired) electrons. The molecule has 7 heavy (non-hydrogen) atoms. The molecule has 43 valence electrons. The molecule has 0 saturated heterocycles. The predicted octanol–water partition coefficient (Wildman–Crippen LogP) is 2.75. The summed E-state index contributed by atoms with van der Waals surface area (Å²) < 4.78 is 0. The number of halogens is 1. The molecule has 0 amide bonds. The van der Waals surface area contributed by atoms with Crippen LogP contribution in [0.25, 0.3) is 0 Å². The average Bonchev–Trinajstić information content (AvgIpc) is 1.69. The Balaban J connectivity index is 2.45. The molecule has 0 fully saturated rings. The van der Waals surface area contributed by atoms with E-state index in [0.717, 1.165) is 11.1 Å². The molecule has 0 rings (SSSR count). The zero-order valence-electron chi connectivity index (χ0n) is 4.32. The predicted molar refractivity (Wildman–Crippen MR) is 40.1 cm³/mol. The van der Waals surface area contributed by atoms with E-state index in [2.05, 4.69) is 15.9 Å². The third-order valence-corrected chi connectivity index (χ3v) is 1.63. The molecule has 0 aliphatic heterocycles. The molecule has 0 spiro atoms. The first kappa shape index (κ1) is 7.83. The Labute approximate surface area is 59.2 Å². The maximum Gasteiger partial charge on any atom is 0.00369 e. The van der Waals surface area contributed by atoms with Gasteiger partial charge in [0.1, 0.15) is 0 Å². The molecular formula is C5H10BrS. The van der Waals surface area contributed by atoms with Gasteiger partial charge in [-0.2, -0.15) is 0 Å². The highest BCUT2D eigenvalue weighted by Gasteiger charge is 1.81. The summed E-state index contributed by atoms with van der Waals surface area (Å²) in [6.07, 6.45) is 3.77. The van der Waals surface area contributed by atoms with Gasteiger partial charge in [-0.25, -0.2) is 0 Å². The van der Waals surface area contributed by atoms with Crippen molar-refractivity contribution in [3.8, 4) is 0 Å². The molecule has 0 aliphatic carbocycles. The molecule has 0 atom stereocenters. The van der Waals surface area contributed by atoms with E-state index in [4.69, 9.17) is 12.6 Å². The topological polar surface area (TPSA) is 0 Å². The van der Waals surface area contributed by atoms with Gasteiger partial charge in [-0.05, 0) is 12.8 Å². The zero-order chi connectivity index (χ0) is 5.54. The van der Waals surface area contributed by atoms with E-state index in [9.17, 15) is 0 Å². The largest absolute Gasteiger partial charge is 0.0942 e. The fourth-order valence-corrected chi connectivity index (χ4v) is 0.974. The number of rotatable bonds is 4. The van der Waals surface area contributed by atoms with Gasteiger partial charge >= 0.3 is 0 Å². The van der Waals surface area contributed by atoms with E-state index < -0.39 is 0 Å². The molecule has 0 heterocycles. The van der Waals surface area contributed by atoms with E-state index in [-0.39, 0.29) is 0 Å². The second-order valence-corrected chi connectivity index (χ2v) is 2.66. The van der Waals surface area contributed by atoms with Gasteiger partial charge in [-0.15, -0.1) is 0 Å². The van der Waals surface area contributed by atoms with Crippen LogP contribution in [0, 0.1) is 0 Å². The summed E-state index contributed by atoms with van der Waals surface area (Å²) in [5, 5.41) is 1.13. The number of hydrogen-bond donors (Lipinski definition) is 0. The maximum absolute atomic E-state index is 4.75. The van der Waals surface area contributed by atoms with Crippen molar-refractivity contribution in [3.63, 3.8) is 0 Å². The van der Waals surface area contributed by atoms with Crippen LogP contribution in [0.4, 0.5) is 0 Å². The second kappa shape index (κ2) is 6.83. The van der Waals surface area contributed by atoms with Crippen LogP contribution in [0.15, 0.2) is 0 Å². The van der Waals surface area contributed by atoms with E-state index in [0.29, 0.717) is 0 Å². The minimum absolute atomic E-state index is 0.924. The van der Waals surface area contributed by atoms with E-state index >= 15 is 0 Å². The summed E-state index contributed by atoms with van der Waals surface area (Å²) >= 11 is 8.10. The lowest BCUT2D eigenvalue weighted by Crippen LogP contribution is -1.76. The van der Waals surface area contributed by atoms with Crippen LogP contribution in [0.3, 0.4) is 0 Å². The Morgan fingerprint density at radius 2 is 1.86 bits per heavy atom. The van der Waals surface area contributed by atoms with Crippen molar-refractivity contribution >= 4 is 28.6 Å². The lowest BCUT2D eigenvalue weighted by molar-refractivity contribution is 0.790. The highest BCUT2D eigenvalue weighted by atomic mass is 79.9. The fourth-order valence-electron chi connectivity index (χ4n) is 0.373. The van der Waals surface area contributed by atoms with Gasteiger partial charge in [-0.3, -0.25) is 0 Å². The fraction of sp³-hybridized carbons (Fsp3) is 1.00. The van der Waals surface area contributed by atoms with Crippen LogP contribution in [0.1, 0.15) is 19.3 Å². The average molecular weight is 182 g/mol. The number of alkyl halides is 1. The Morgan fingerprint density at radius 1 is 1.14 bits per heavy atom. The third kappa shape index (κ3) is 6.83. The highest BCUT2D eigenvalue weighted by molar-refractivity contribution is 9.09. The first-order chi connectivity index (χ1) is 3.41. The van der Waals surface area contributed by atoms with Gasteiger partial charge in [-0.1, -0.05) is 35.0 Å². The molecule has 0 aliphatic rings. The Hall–Kier alpha value is 0.830. The minimum atomic E-state index is 0.924. The van der Waals surface area contributed by atoms with Crippen LogP contribution in [-0.2, 0) is 0 Å². The summed E-state index contributed by atoms with van der Waals surface area (Å²) in [5.74, 6) is 0.924. The quantitative estimate of drug-likeness (QED) is 0.463. The molecule has 0 saturated carbocycles. The van der Waals surface area contributed by atoms with E-state index in [1.54, 1.807) is 0 Å². The van der Waals surface area contributed by atoms with E-state index in [1.165, 1.54) is 19.3 Å².